The highest BCUT2D eigenvalue weighted by Gasteiger charge is 2.35. The predicted octanol–water partition coefficient (Wildman–Crippen LogP) is 2.90. The number of carbonyl (C=O) groups is 1. The number of nitrogens with one attached hydrogen (secondary N) is 1. The molecule has 1 aromatic heterocycles. The Hall–Kier alpha value is -3.16. The summed E-state index contributed by atoms with van der Waals surface area (Å²) in [5.41, 5.74) is -0.0995. The summed E-state index contributed by atoms with van der Waals surface area (Å²) in [5, 5.41) is 12.9. The molecular weight excluding hydrogens is 391 g/mol. The molecule has 0 aliphatic rings. The normalized spacial score (nSPS) is 11.8. The van der Waals surface area contributed by atoms with Crippen molar-refractivity contribution < 1.29 is 14.6 Å². The molecule has 0 unspecified atom stereocenters. The summed E-state index contributed by atoms with van der Waals surface area (Å²) < 4.78 is 7.17. The molecule has 1 radical (unpaired) electrons. The van der Waals surface area contributed by atoms with Gasteiger partial charge in [0, 0.05) is 17.6 Å². The zero-order valence-electron chi connectivity index (χ0n) is 18.1. The minimum absolute atomic E-state index is 0.0530. The van der Waals surface area contributed by atoms with Crippen molar-refractivity contribution in [3.05, 3.63) is 88.8 Å². The van der Waals surface area contributed by atoms with Crippen LogP contribution in [0.5, 0.6) is 0 Å². The van der Waals surface area contributed by atoms with Crippen molar-refractivity contribution in [3.63, 3.8) is 0 Å². The maximum absolute atomic E-state index is 12.8. The third-order valence-electron chi connectivity index (χ3n) is 5.36. The van der Waals surface area contributed by atoms with E-state index >= 15 is 0 Å². The van der Waals surface area contributed by atoms with Gasteiger partial charge in [-0.2, -0.15) is 0 Å². The zero-order chi connectivity index (χ0) is 22.6. The number of para-hydroxylation sites is 1. The van der Waals surface area contributed by atoms with Crippen molar-refractivity contribution >= 4 is 24.5 Å². The van der Waals surface area contributed by atoms with E-state index in [0.717, 1.165) is 5.46 Å². The van der Waals surface area contributed by atoms with E-state index in [0.29, 0.717) is 11.4 Å². The van der Waals surface area contributed by atoms with E-state index in [4.69, 9.17) is 4.65 Å². The van der Waals surface area contributed by atoms with Crippen LogP contribution in [0.4, 0.5) is 5.69 Å². The summed E-state index contributed by atoms with van der Waals surface area (Å²) >= 11 is 0. The number of hydrogen-bond donors (Lipinski definition) is 2. The highest BCUT2D eigenvalue weighted by atomic mass is 16.5. The molecule has 0 saturated carbocycles. The minimum atomic E-state index is -1.01. The molecule has 0 saturated heterocycles. The van der Waals surface area contributed by atoms with Gasteiger partial charge in [0.15, 0.2) is 0 Å². The Morgan fingerprint density at radius 3 is 2.23 bits per heavy atom. The fourth-order valence-corrected chi connectivity index (χ4v) is 2.66. The lowest BCUT2D eigenvalue weighted by atomic mass is 9.82. The van der Waals surface area contributed by atoms with Crippen LogP contribution in [-0.4, -0.2) is 34.3 Å². The molecular formula is C24H26BN2O4. The number of amides is 1. The standard InChI is InChI=1S/C24H26BN2O4/c1-23(2,30)24(3,4)31-25-17-12-14-18(15-13-17)26-21(28)20-11-8-16-27(22(20)29)19-9-6-5-7-10-19/h5-16,30H,1-4H3,(H,26,28). The summed E-state index contributed by atoms with van der Waals surface area (Å²) in [6, 6.07) is 19.3. The molecule has 1 heterocycles. The average molecular weight is 417 g/mol. The summed E-state index contributed by atoms with van der Waals surface area (Å²) in [6.45, 7) is 6.99. The fraction of sp³-hybridized carbons (Fsp3) is 0.250. The van der Waals surface area contributed by atoms with E-state index in [2.05, 4.69) is 5.32 Å². The van der Waals surface area contributed by atoms with Gasteiger partial charge in [-0.05, 0) is 64.1 Å². The summed E-state index contributed by atoms with van der Waals surface area (Å²) in [7, 11) is 1.57. The number of hydrogen-bond acceptors (Lipinski definition) is 4. The molecule has 2 aromatic carbocycles. The Kier molecular flexibility index (Phi) is 6.48. The van der Waals surface area contributed by atoms with Gasteiger partial charge in [0.05, 0.1) is 11.2 Å². The summed E-state index contributed by atoms with van der Waals surface area (Å²) in [6.07, 6.45) is 1.63. The van der Waals surface area contributed by atoms with Gasteiger partial charge in [0.25, 0.3) is 11.5 Å². The Bertz CT molecular complexity index is 1100. The molecule has 6 nitrogen and oxygen atoms in total. The summed E-state index contributed by atoms with van der Waals surface area (Å²) in [5.74, 6) is -0.480. The van der Waals surface area contributed by atoms with Gasteiger partial charge in [-0.3, -0.25) is 14.2 Å². The van der Waals surface area contributed by atoms with Gasteiger partial charge in [0.1, 0.15) is 5.56 Å². The molecule has 0 aliphatic heterocycles. The molecule has 0 aliphatic carbocycles. The molecule has 0 bridgehead atoms. The number of aliphatic hydroxyl groups is 1. The number of rotatable bonds is 7. The number of anilines is 1. The van der Waals surface area contributed by atoms with Crippen LogP contribution >= 0.6 is 0 Å². The van der Waals surface area contributed by atoms with E-state index in [9.17, 15) is 14.7 Å². The van der Waals surface area contributed by atoms with Crippen LogP contribution in [0.15, 0.2) is 77.7 Å². The molecule has 1 amide bonds. The van der Waals surface area contributed by atoms with Crippen molar-refractivity contribution in [2.45, 2.75) is 38.9 Å². The Balaban J connectivity index is 1.70. The smallest absolute Gasteiger partial charge is 0.330 e. The van der Waals surface area contributed by atoms with Gasteiger partial charge in [-0.1, -0.05) is 35.8 Å². The molecule has 0 fully saturated rings. The van der Waals surface area contributed by atoms with Crippen molar-refractivity contribution in [3.8, 4) is 5.69 Å². The van der Waals surface area contributed by atoms with Crippen LogP contribution in [0.2, 0.25) is 0 Å². The number of benzene rings is 2. The highest BCUT2D eigenvalue weighted by molar-refractivity contribution is 6.47. The Labute approximate surface area is 182 Å². The second kappa shape index (κ2) is 8.92. The maximum atomic E-state index is 12.8. The first kappa shape index (κ1) is 22.5. The molecule has 31 heavy (non-hydrogen) atoms. The zero-order valence-corrected chi connectivity index (χ0v) is 18.1. The van der Waals surface area contributed by atoms with Gasteiger partial charge < -0.3 is 15.1 Å². The van der Waals surface area contributed by atoms with Crippen molar-refractivity contribution in [2.75, 3.05) is 5.32 Å². The number of pyridine rings is 1. The molecule has 2 N–H and O–H groups in total. The molecule has 7 heteroatoms. The topological polar surface area (TPSA) is 80.6 Å². The third kappa shape index (κ3) is 5.31. The van der Waals surface area contributed by atoms with Gasteiger partial charge in [-0.15, -0.1) is 0 Å². The largest absolute Gasteiger partial charge is 0.427 e. The number of aromatic nitrogens is 1. The van der Waals surface area contributed by atoms with Crippen molar-refractivity contribution in [2.24, 2.45) is 0 Å². The van der Waals surface area contributed by atoms with Gasteiger partial charge >= 0.3 is 7.48 Å². The SMILES string of the molecule is CC(C)(O)C(C)(C)O[B]c1ccc(NC(=O)c2cccn(-c3ccccc3)c2=O)cc1. The molecule has 0 spiro atoms. The quantitative estimate of drug-likeness (QED) is 0.580. The number of carbonyl (C=O) groups excluding carboxylic acids is 1. The summed E-state index contributed by atoms with van der Waals surface area (Å²) in [4.78, 5) is 25.5. The second-order valence-electron chi connectivity index (χ2n) is 8.31. The van der Waals surface area contributed by atoms with Gasteiger partial charge in [-0.25, -0.2) is 0 Å². The van der Waals surface area contributed by atoms with E-state index < -0.39 is 22.7 Å². The predicted molar refractivity (Wildman–Crippen MR) is 123 cm³/mol. The van der Waals surface area contributed by atoms with Crippen molar-refractivity contribution in [1.29, 1.82) is 0 Å². The highest BCUT2D eigenvalue weighted by Crippen LogP contribution is 2.24. The second-order valence-corrected chi connectivity index (χ2v) is 8.31. The van der Waals surface area contributed by atoms with Crippen LogP contribution in [0.3, 0.4) is 0 Å². The van der Waals surface area contributed by atoms with Crippen LogP contribution in [0.1, 0.15) is 38.1 Å². The van der Waals surface area contributed by atoms with Gasteiger partial charge in [0.2, 0.25) is 0 Å². The van der Waals surface area contributed by atoms with Crippen LogP contribution < -0.4 is 16.3 Å². The molecule has 3 rings (SSSR count). The fourth-order valence-electron chi connectivity index (χ4n) is 2.66. The first-order chi connectivity index (χ1) is 14.6. The first-order valence-electron chi connectivity index (χ1n) is 10.0. The minimum Gasteiger partial charge on any atom is -0.427 e. The lowest BCUT2D eigenvalue weighted by molar-refractivity contribution is -0.0893. The lowest BCUT2D eigenvalue weighted by Crippen LogP contribution is -2.49. The van der Waals surface area contributed by atoms with Crippen molar-refractivity contribution in [1.82, 2.24) is 4.57 Å². The Morgan fingerprint density at radius 1 is 0.968 bits per heavy atom. The average Bonchev–Trinajstić information content (AvgIpc) is 2.73. The lowest BCUT2D eigenvalue weighted by Gasteiger charge is -2.37. The number of nitrogens with zero attached hydrogens (tertiary/aromatic N) is 1. The third-order valence-corrected chi connectivity index (χ3v) is 5.36. The van der Waals surface area contributed by atoms with E-state index in [1.54, 1.807) is 83.8 Å². The van der Waals surface area contributed by atoms with E-state index in [1.807, 2.05) is 18.2 Å². The maximum Gasteiger partial charge on any atom is 0.330 e. The van der Waals surface area contributed by atoms with E-state index in [-0.39, 0.29) is 5.56 Å². The van der Waals surface area contributed by atoms with Crippen LogP contribution in [0.25, 0.3) is 5.69 Å². The molecule has 159 valence electrons. The Morgan fingerprint density at radius 2 is 1.61 bits per heavy atom. The van der Waals surface area contributed by atoms with Crippen LogP contribution in [-0.2, 0) is 4.65 Å². The molecule has 0 atom stereocenters. The van der Waals surface area contributed by atoms with Crippen LogP contribution in [0, 0.1) is 0 Å². The molecule has 3 aromatic rings. The van der Waals surface area contributed by atoms with E-state index in [1.165, 1.54) is 10.6 Å². The first-order valence-corrected chi connectivity index (χ1v) is 10.0. The monoisotopic (exact) mass is 417 g/mol.